The van der Waals surface area contributed by atoms with Crippen molar-refractivity contribution in [2.45, 2.75) is 47.0 Å². The Morgan fingerprint density at radius 1 is 1.10 bits per heavy atom. The summed E-state index contributed by atoms with van der Waals surface area (Å²) in [5, 5.41) is 8.22. The molecule has 114 valence electrons. The third-order valence-corrected chi connectivity index (χ3v) is 3.99. The van der Waals surface area contributed by atoms with Crippen molar-refractivity contribution in [1.82, 2.24) is 15.1 Å². The van der Waals surface area contributed by atoms with E-state index in [1.165, 1.54) is 35.3 Å². The van der Waals surface area contributed by atoms with Crippen LogP contribution in [0.25, 0.3) is 5.69 Å². The quantitative estimate of drug-likeness (QED) is 0.786. The highest BCUT2D eigenvalue weighted by atomic mass is 15.3. The lowest BCUT2D eigenvalue weighted by Gasteiger charge is -2.08. The van der Waals surface area contributed by atoms with Gasteiger partial charge in [-0.15, -0.1) is 0 Å². The van der Waals surface area contributed by atoms with E-state index in [-0.39, 0.29) is 0 Å². The molecule has 0 radical (unpaired) electrons. The third kappa shape index (κ3) is 3.73. The van der Waals surface area contributed by atoms with Crippen LogP contribution in [0.5, 0.6) is 0 Å². The molecule has 0 aliphatic rings. The molecule has 0 saturated heterocycles. The highest BCUT2D eigenvalue weighted by Gasteiger charge is 2.13. The van der Waals surface area contributed by atoms with Crippen LogP contribution in [-0.4, -0.2) is 22.9 Å². The van der Waals surface area contributed by atoms with Crippen molar-refractivity contribution in [2.24, 2.45) is 0 Å². The Kier molecular flexibility index (Phi) is 5.57. The molecule has 1 aromatic heterocycles. The normalized spacial score (nSPS) is 11.0. The van der Waals surface area contributed by atoms with Crippen molar-refractivity contribution in [2.75, 3.05) is 13.1 Å². The van der Waals surface area contributed by atoms with Gasteiger partial charge in [-0.3, -0.25) is 0 Å². The summed E-state index contributed by atoms with van der Waals surface area (Å²) >= 11 is 0. The maximum absolute atomic E-state index is 4.75. The van der Waals surface area contributed by atoms with E-state index in [9.17, 15) is 0 Å². The fourth-order valence-corrected chi connectivity index (χ4v) is 2.76. The van der Waals surface area contributed by atoms with E-state index in [1.807, 2.05) is 0 Å². The number of hydrogen-bond donors (Lipinski definition) is 1. The second-order valence-corrected chi connectivity index (χ2v) is 5.70. The molecule has 0 saturated carbocycles. The molecule has 2 aromatic rings. The first-order valence-corrected chi connectivity index (χ1v) is 7.97. The van der Waals surface area contributed by atoms with E-state index >= 15 is 0 Å². The van der Waals surface area contributed by atoms with Crippen LogP contribution < -0.4 is 5.32 Å². The minimum absolute atomic E-state index is 1.09. The monoisotopic (exact) mass is 285 g/mol. The highest BCUT2D eigenvalue weighted by molar-refractivity contribution is 5.42. The molecule has 21 heavy (non-hydrogen) atoms. The number of rotatable bonds is 7. The van der Waals surface area contributed by atoms with Crippen molar-refractivity contribution >= 4 is 0 Å². The predicted octanol–water partition coefficient (Wildman–Crippen LogP) is 3.73. The van der Waals surface area contributed by atoms with Crippen LogP contribution in [0, 0.1) is 20.8 Å². The molecule has 2 rings (SSSR count). The molecule has 1 N–H and O–H groups in total. The summed E-state index contributed by atoms with van der Waals surface area (Å²) in [7, 11) is 0. The Labute approximate surface area is 128 Å². The van der Waals surface area contributed by atoms with Crippen LogP contribution in [0.4, 0.5) is 0 Å². The lowest BCUT2D eigenvalue weighted by molar-refractivity contribution is 0.638. The summed E-state index contributed by atoms with van der Waals surface area (Å²) in [5.74, 6) is 0. The molecule has 0 unspecified atom stereocenters. The lowest BCUT2D eigenvalue weighted by Crippen LogP contribution is -2.16. The van der Waals surface area contributed by atoms with Gasteiger partial charge in [-0.1, -0.05) is 25.1 Å². The van der Waals surface area contributed by atoms with Crippen LogP contribution in [-0.2, 0) is 6.42 Å². The first-order valence-electron chi connectivity index (χ1n) is 7.97. The molecule has 0 spiro atoms. The minimum atomic E-state index is 1.09. The zero-order valence-electron chi connectivity index (χ0n) is 13.7. The standard InChI is InChI=1S/C18H27N3/c1-5-12-19-13-8-10-17-15(3)20-21(16(17)4)18-11-7-6-9-14(18)2/h6-7,9,11,19H,5,8,10,12-13H2,1-4H3. The Morgan fingerprint density at radius 3 is 2.57 bits per heavy atom. The molecular weight excluding hydrogens is 258 g/mol. The molecule has 3 heteroatoms. The lowest BCUT2D eigenvalue weighted by atomic mass is 10.1. The first-order chi connectivity index (χ1) is 10.1. The van der Waals surface area contributed by atoms with Gasteiger partial charge < -0.3 is 5.32 Å². The van der Waals surface area contributed by atoms with Crippen molar-refractivity contribution < 1.29 is 0 Å². The molecule has 0 atom stereocenters. The number of aromatic nitrogens is 2. The van der Waals surface area contributed by atoms with Crippen LogP contribution in [0.15, 0.2) is 24.3 Å². The van der Waals surface area contributed by atoms with Gasteiger partial charge in [0.1, 0.15) is 0 Å². The number of nitrogens with one attached hydrogen (secondary N) is 1. The molecule has 0 amide bonds. The van der Waals surface area contributed by atoms with Crippen molar-refractivity contribution in [3.63, 3.8) is 0 Å². The third-order valence-electron chi connectivity index (χ3n) is 3.99. The molecule has 0 aliphatic carbocycles. The smallest absolute Gasteiger partial charge is 0.0678 e. The average molecular weight is 285 g/mol. The maximum Gasteiger partial charge on any atom is 0.0678 e. The minimum Gasteiger partial charge on any atom is -0.317 e. The molecular formula is C18H27N3. The van der Waals surface area contributed by atoms with E-state index < -0.39 is 0 Å². The number of nitrogens with zero attached hydrogens (tertiary/aromatic N) is 2. The van der Waals surface area contributed by atoms with Crippen molar-refractivity contribution in [3.8, 4) is 5.69 Å². The molecule has 1 heterocycles. The van der Waals surface area contributed by atoms with E-state index in [1.54, 1.807) is 0 Å². The molecule has 1 aromatic carbocycles. The number of hydrogen-bond acceptors (Lipinski definition) is 2. The van der Waals surface area contributed by atoms with Crippen LogP contribution in [0.3, 0.4) is 0 Å². The van der Waals surface area contributed by atoms with Gasteiger partial charge in [-0.05, 0) is 70.3 Å². The molecule has 0 fully saturated rings. The van der Waals surface area contributed by atoms with Gasteiger partial charge in [-0.25, -0.2) is 4.68 Å². The fraction of sp³-hybridized carbons (Fsp3) is 0.500. The largest absolute Gasteiger partial charge is 0.317 e. The SMILES string of the molecule is CCCNCCCc1c(C)nn(-c2ccccc2C)c1C. The number of para-hydroxylation sites is 1. The van der Waals surface area contributed by atoms with E-state index in [0.29, 0.717) is 0 Å². The van der Waals surface area contributed by atoms with Gasteiger partial charge in [0.2, 0.25) is 0 Å². The second kappa shape index (κ2) is 7.41. The Hall–Kier alpha value is -1.61. The van der Waals surface area contributed by atoms with Crippen molar-refractivity contribution in [1.29, 1.82) is 0 Å². The molecule has 0 aliphatic heterocycles. The highest BCUT2D eigenvalue weighted by Crippen LogP contribution is 2.21. The second-order valence-electron chi connectivity index (χ2n) is 5.70. The van der Waals surface area contributed by atoms with E-state index in [4.69, 9.17) is 5.10 Å². The van der Waals surface area contributed by atoms with Gasteiger partial charge in [-0.2, -0.15) is 5.10 Å². The van der Waals surface area contributed by atoms with Crippen LogP contribution in [0.2, 0.25) is 0 Å². The fourth-order valence-electron chi connectivity index (χ4n) is 2.76. The maximum atomic E-state index is 4.75. The topological polar surface area (TPSA) is 29.9 Å². The predicted molar refractivity (Wildman–Crippen MR) is 89.3 cm³/mol. The van der Waals surface area contributed by atoms with Gasteiger partial charge in [0.15, 0.2) is 0 Å². The van der Waals surface area contributed by atoms with Gasteiger partial charge in [0.25, 0.3) is 0 Å². The van der Waals surface area contributed by atoms with Crippen molar-refractivity contribution in [3.05, 3.63) is 46.8 Å². The van der Waals surface area contributed by atoms with Crippen LogP contribution in [0.1, 0.15) is 42.3 Å². The summed E-state index contributed by atoms with van der Waals surface area (Å²) in [6.45, 7) is 10.8. The van der Waals surface area contributed by atoms with E-state index in [0.717, 1.165) is 25.2 Å². The summed E-state index contributed by atoms with van der Waals surface area (Å²) in [5.41, 5.74) is 6.29. The zero-order valence-corrected chi connectivity index (χ0v) is 13.7. The Bertz CT molecular complexity index is 584. The summed E-state index contributed by atoms with van der Waals surface area (Å²) in [4.78, 5) is 0. The number of aryl methyl sites for hydroxylation is 2. The van der Waals surface area contributed by atoms with Gasteiger partial charge in [0, 0.05) is 5.69 Å². The molecule has 0 bridgehead atoms. The first kappa shape index (κ1) is 15.8. The Balaban J connectivity index is 2.13. The number of benzene rings is 1. The summed E-state index contributed by atoms with van der Waals surface area (Å²) in [6.07, 6.45) is 3.46. The zero-order chi connectivity index (χ0) is 15.2. The Morgan fingerprint density at radius 2 is 1.86 bits per heavy atom. The van der Waals surface area contributed by atoms with Gasteiger partial charge in [0.05, 0.1) is 11.4 Å². The average Bonchev–Trinajstić information content (AvgIpc) is 2.75. The summed E-state index contributed by atoms with van der Waals surface area (Å²) < 4.78 is 2.10. The molecule has 3 nitrogen and oxygen atoms in total. The van der Waals surface area contributed by atoms with Crippen LogP contribution >= 0.6 is 0 Å². The van der Waals surface area contributed by atoms with E-state index in [2.05, 4.69) is 62.0 Å². The van der Waals surface area contributed by atoms with Gasteiger partial charge >= 0.3 is 0 Å². The summed E-state index contributed by atoms with van der Waals surface area (Å²) in [6, 6.07) is 8.43.